The predicted molar refractivity (Wildman–Crippen MR) is 68.7 cm³/mol. The summed E-state index contributed by atoms with van der Waals surface area (Å²) in [5.74, 6) is -0.699. The molecule has 0 bridgehead atoms. The molecule has 8 heteroatoms. The van der Waals surface area contributed by atoms with E-state index in [4.69, 9.17) is 5.73 Å². The van der Waals surface area contributed by atoms with Crippen LogP contribution in [0.15, 0.2) is 15.3 Å². The van der Waals surface area contributed by atoms with Gasteiger partial charge in [0.2, 0.25) is 0 Å². The van der Waals surface area contributed by atoms with Crippen molar-refractivity contribution >= 4 is 29.1 Å². The van der Waals surface area contributed by atoms with Gasteiger partial charge in [-0.2, -0.15) is 10.2 Å². The molecule has 0 saturated heterocycles. The number of esters is 1. The summed E-state index contributed by atoms with van der Waals surface area (Å²) < 4.78 is 4.54. The van der Waals surface area contributed by atoms with E-state index in [2.05, 4.69) is 20.0 Å². The fourth-order valence-corrected chi connectivity index (χ4v) is 0.756. The number of methoxy groups -OCH3 is 1. The smallest absolute Gasteiger partial charge is 0.360 e. The summed E-state index contributed by atoms with van der Waals surface area (Å²) >= 11 is 0. The lowest BCUT2D eigenvalue weighted by atomic mass is 10.2. The summed E-state index contributed by atoms with van der Waals surface area (Å²) in [4.78, 5) is 22.0. The quantitative estimate of drug-likeness (QED) is 0.421. The van der Waals surface area contributed by atoms with Crippen molar-refractivity contribution < 1.29 is 14.3 Å². The van der Waals surface area contributed by atoms with Crippen molar-refractivity contribution in [3.05, 3.63) is 0 Å². The fourth-order valence-electron chi connectivity index (χ4n) is 0.756. The molecule has 0 spiro atoms. The van der Waals surface area contributed by atoms with E-state index in [-0.39, 0.29) is 11.4 Å². The molecule has 0 rings (SSSR count). The number of nitrogens with one attached hydrogen (secondary N) is 1. The number of ether oxygens (including phenoxy) is 1. The molecule has 0 unspecified atom stereocenters. The number of rotatable bonds is 5. The molecule has 2 amide bonds. The van der Waals surface area contributed by atoms with Gasteiger partial charge < -0.3 is 10.5 Å². The van der Waals surface area contributed by atoms with Crippen LogP contribution in [0.25, 0.3) is 0 Å². The molecule has 0 aromatic heterocycles. The molecule has 18 heavy (non-hydrogen) atoms. The van der Waals surface area contributed by atoms with Gasteiger partial charge in [0.05, 0.1) is 12.8 Å². The highest BCUT2D eigenvalue weighted by molar-refractivity contribution is 6.65. The van der Waals surface area contributed by atoms with Gasteiger partial charge in [-0.1, -0.05) is 6.92 Å². The summed E-state index contributed by atoms with van der Waals surface area (Å²) in [6.45, 7) is 5.15. The van der Waals surface area contributed by atoms with Crippen LogP contribution in [0.3, 0.4) is 0 Å². The highest BCUT2D eigenvalue weighted by atomic mass is 16.5. The molecule has 0 radical (unpaired) electrons. The minimum absolute atomic E-state index is 0.0981. The fraction of sp³-hybridized carbons (Fsp3) is 0.500. The molecule has 0 aliphatic rings. The maximum atomic E-state index is 11.5. The minimum atomic E-state index is -0.841. The Balaban J connectivity index is 5.18. The number of hydrazone groups is 1. The molecule has 0 aromatic rings. The number of hydrogen-bond acceptors (Lipinski definition) is 6. The third-order valence-electron chi connectivity index (χ3n) is 1.89. The number of nitrogens with two attached hydrogens (primary N) is 1. The molecule has 0 fully saturated rings. The van der Waals surface area contributed by atoms with Crippen molar-refractivity contribution in [3.63, 3.8) is 0 Å². The van der Waals surface area contributed by atoms with E-state index in [9.17, 15) is 9.59 Å². The van der Waals surface area contributed by atoms with Crippen molar-refractivity contribution in [3.8, 4) is 0 Å². The largest absolute Gasteiger partial charge is 0.464 e. The Labute approximate surface area is 105 Å². The number of urea groups is 1. The number of primary amides is 1. The summed E-state index contributed by atoms with van der Waals surface area (Å²) in [6.07, 6.45) is 0.702. The van der Waals surface area contributed by atoms with Crippen LogP contribution in [0.4, 0.5) is 4.79 Å². The molecule has 8 nitrogen and oxygen atoms in total. The number of amides is 2. The molecule has 0 atom stereocenters. The van der Waals surface area contributed by atoms with Crippen LogP contribution in [-0.2, 0) is 9.53 Å². The molecule has 0 aromatic carbocycles. The highest BCUT2D eigenvalue weighted by Gasteiger charge is 2.16. The number of carbonyl (C=O) groups excluding carboxylic acids is 2. The lowest BCUT2D eigenvalue weighted by Crippen LogP contribution is -2.30. The first kappa shape index (κ1) is 15.8. The first-order valence-electron chi connectivity index (χ1n) is 5.21. The molecule has 0 heterocycles. The summed E-state index contributed by atoms with van der Waals surface area (Å²) in [5.41, 5.74) is 7.64. The Hall–Kier alpha value is -2.25. The third kappa shape index (κ3) is 5.73. The molecular weight excluding hydrogens is 238 g/mol. The van der Waals surface area contributed by atoms with Gasteiger partial charge in [0.25, 0.3) is 0 Å². The van der Waals surface area contributed by atoms with Gasteiger partial charge in [-0.25, -0.2) is 15.0 Å². The van der Waals surface area contributed by atoms with E-state index in [0.717, 1.165) is 5.71 Å². The van der Waals surface area contributed by atoms with Gasteiger partial charge in [0.15, 0.2) is 5.71 Å². The number of carbonyl (C=O) groups is 2. The van der Waals surface area contributed by atoms with Crippen LogP contribution < -0.4 is 11.2 Å². The second kappa shape index (κ2) is 7.93. The normalized spacial score (nSPS) is 13.2. The molecule has 0 saturated carbocycles. The number of nitrogens with zero attached hydrogens (tertiary/aromatic N) is 3. The minimum Gasteiger partial charge on any atom is -0.464 e. The summed E-state index contributed by atoms with van der Waals surface area (Å²) in [7, 11) is 1.21. The zero-order valence-corrected chi connectivity index (χ0v) is 10.9. The molecule has 100 valence electrons. The predicted octanol–water partition coefficient (Wildman–Crippen LogP) is 0.431. The SMILES string of the molecule is CC/C(C)=N/N=C(C(=O)OC)/C(C)=N/NC(N)=O. The van der Waals surface area contributed by atoms with Crippen molar-refractivity contribution in [1.82, 2.24) is 5.43 Å². The van der Waals surface area contributed by atoms with E-state index in [1.165, 1.54) is 14.0 Å². The van der Waals surface area contributed by atoms with Gasteiger partial charge >= 0.3 is 12.0 Å². The van der Waals surface area contributed by atoms with Gasteiger partial charge in [-0.15, -0.1) is 5.10 Å². The van der Waals surface area contributed by atoms with E-state index in [0.29, 0.717) is 6.42 Å². The first-order chi connectivity index (χ1) is 8.42. The third-order valence-corrected chi connectivity index (χ3v) is 1.89. The van der Waals surface area contributed by atoms with Crippen LogP contribution in [0.2, 0.25) is 0 Å². The average Bonchev–Trinajstić information content (AvgIpc) is 2.35. The molecular formula is C10H17N5O3. The van der Waals surface area contributed by atoms with Crippen molar-refractivity contribution in [2.75, 3.05) is 7.11 Å². The second-order valence-electron chi connectivity index (χ2n) is 3.30. The van der Waals surface area contributed by atoms with Crippen LogP contribution in [0.1, 0.15) is 27.2 Å². The van der Waals surface area contributed by atoms with Crippen LogP contribution >= 0.6 is 0 Å². The van der Waals surface area contributed by atoms with Crippen molar-refractivity contribution in [2.24, 2.45) is 21.0 Å². The summed E-state index contributed by atoms with van der Waals surface area (Å²) in [5, 5.41) is 11.2. The van der Waals surface area contributed by atoms with Crippen LogP contribution in [-0.4, -0.2) is 36.2 Å². The number of hydrogen-bond donors (Lipinski definition) is 2. The maximum Gasteiger partial charge on any atom is 0.360 e. The Bertz CT molecular complexity index is 412. The Kier molecular flexibility index (Phi) is 6.94. The van der Waals surface area contributed by atoms with Crippen LogP contribution in [0, 0.1) is 0 Å². The second-order valence-corrected chi connectivity index (χ2v) is 3.30. The maximum absolute atomic E-state index is 11.5. The standard InChI is InChI=1S/C10H17N5O3/c1-5-6(2)12-14-8(9(16)18-4)7(3)13-15-10(11)17/h5H2,1-4H3,(H3,11,15,17)/b12-6+,13-7+,14-8-. The Morgan fingerprint density at radius 2 is 1.89 bits per heavy atom. The molecule has 0 aliphatic carbocycles. The van der Waals surface area contributed by atoms with Gasteiger partial charge in [-0.3, -0.25) is 0 Å². The topological polar surface area (TPSA) is 118 Å². The van der Waals surface area contributed by atoms with Gasteiger partial charge in [0, 0.05) is 5.71 Å². The monoisotopic (exact) mass is 255 g/mol. The van der Waals surface area contributed by atoms with Gasteiger partial charge in [0.1, 0.15) is 0 Å². The van der Waals surface area contributed by atoms with Gasteiger partial charge in [-0.05, 0) is 20.3 Å². The first-order valence-corrected chi connectivity index (χ1v) is 5.21. The van der Waals surface area contributed by atoms with E-state index in [1.54, 1.807) is 6.92 Å². The Morgan fingerprint density at radius 3 is 2.33 bits per heavy atom. The zero-order chi connectivity index (χ0) is 14.1. The Morgan fingerprint density at radius 1 is 1.28 bits per heavy atom. The average molecular weight is 255 g/mol. The highest BCUT2D eigenvalue weighted by Crippen LogP contribution is 1.93. The van der Waals surface area contributed by atoms with Crippen molar-refractivity contribution in [2.45, 2.75) is 27.2 Å². The molecule has 0 aliphatic heterocycles. The zero-order valence-electron chi connectivity index (χ0n) is 10.9. The lowest BCUT2D eigenvalue weighted by molar-refractivity contribution is -0.132. The summed E-state index contributed by atoms with van der Waals surface area (Å²) in [6, 6.07) is -0.841. The van der Waals surface area contributed by atoms with E-state index >= 15 is 0 Å². The van der Waals surface area contributed by atoms with Crippen molar-refractivity contribution in [1.29, 1.82) is 0 Å². The van der Waals surface area contributed by atoms with Crippen LogP contribution in [0.5, 0.6) is 0 Å². The molecule has 3 N–H and O–H groups in total. The van der Waals surface area contributed by atoms with E-state index < -0.39 is 12.0 Å². The van der Waals surface area contributed by atoms with E-state index in [1.807, 2.05) is 12.3 Å². The lowest BCUT2D eigenvalue weighted by Gasteiger charge is -2.02.